The van der Waals surface area contributed by atoms with Gasteiger partial charge in [0, 0.05) is 59.3 Å². The molecular weight excluding hydrogens is 371 g/mol. The monoisotopic (exact) mass is 398 g/mol. The summed E-state index contributed by atoms with van der Waals surface area (Å²) in [5, 5.41) is 4.83. The molecule has 0 radical (unpaired) electrons. The van der Waals surface area contributed by atoms with E-state index in [-0.39, 0.29) is 5.82 Å². The Morgan fingerprint density at radius 2 is 2.00 bits per heavy atom. The predicted molar refractivity (Wildman–Crippen MR) is 114 cm³/mol. The maximum atomic E-state index is 14.4. The average Bonchev–Trinajstić information content (AvgIpc) is 3.21. The molecule has 3 aromatic rings. The first-order chi connectivity index (χ1) is 13.4. The van der Waals surface area contributed by atoms with Gasteiger partial charge in [0.1, 0.15) is 11.5 Å². The minimum Gasteiger partial charge on any atom is -0.301 e. The Morgan fingerprint density at radius 3 is 2.68 bits per heavy atom. The van der Waals surface area contributed by atoms with Crippen LogP contribution in [0.1, 0.15) is 22.2 Å². The molecule has 3 heterocycles. The molecule has 4 rings (SSSR count). The number of thiophene rings is 1. The van der Waals surface area contributed by atoms with Crippen molar-refractivity contribution in [1.29, 1.82) is 0 Å². The normalized spacial score (nSPS) is 18.7. The Hall–Kier alpha value is -2.02. The molecular formula is C22H27FN4S. The van der Waals surface area contributed by atoms with E-state index in [1.54, 1.807) is 28.2 Å². The molecule has 0 unspecified atom stereocenters. The van der Waals surface area contributed by atoms with Crippen LogP contribution in [0.3, 0.4) is 0 Å². The van der Waals surface area contributed by atoms with Gasteiger partial charge in [-0.25, -0.2) is 9.07 Å². The third-order valence-corrected chi connectivity index (χ3v) is 6.59. The van der Waals surface area contributed by atoms with Crippen molar-refractivity contribution in [2.45, 2.75) is 33.4 Å². The first-order valence-electron chi connectivity index (χ1n) is 9.76. The van der Waals surface area contributed by atoms with E-state index in [4.69, 9.17) is 5.10 Å². The molecule has 1 saturated heterocycles. The number of benzene rings is 1. The second kappa shape index (κ2) is 7.78. The molecule has 1 aliphatic heterocycles. The van der Waals surface area contributed by atoms with Gasteiger partial charge in [0.15, 0.2) is 0 Å². The van der Waals surface area contributed by atoms with Gasteiger partial charge in [-0.15, -0.1) is 11.3 Å². The third kappa shape index (κ3) is 3.77. The molecule has 6 heteroatoms. The Labute approximate surface area is 170 Å². The maximum absolute atomic E-state index is 14.4. The van der Waals surface area contributed by atoms with E-state index >= 15 is 0 Å². The summed E-state index contributed by atoms with van der Waals surface area (Å²) in [5.74, 6) is -0.255. The Balaban J connectivity index is 1.73. The van der Waals surface area contributed by atoms with Gasteiger partial charge in [-0.2, -0.15) is 5.10 Å². The van der Waals surface area contributed by atoms with E-state index in [1.807, 2.05) is 12.3 Å². The van der Waals surface area contributed by atoms with Crippen LogP contribution in [-0.2, 0) is 6.54 Å². The highest BCUT2D eigenvalue weighted by Gasteiger charge is 2.24. The predicted octanol–water partition coefficient (Wildman–Crippen LogP) is 4.49. The zero-order chi connectivity index (χ0) is 19.8. The largest absolute Gasteiger partial charge is 0.301 e. The summed E-state index contributed by atoms with van der Waals surface area (Å²) in [4.78, 5) is 7.40. The average molecular weight is 399 g/mol. The zero-order valence-electron chi connectivity index (χ0n) is 16.9. The van der Waals surface area contributed by atoms with Gasteiger partial charge < -0.3 is 4.90 Å². The fourth-order valence-corrected chi connectivity index (χ4v) is 4.81. The van der Waals surface area contributed by atoms with Gasteiger partial charge in [0.25, 0.3) is 0 Å². The van der Waals surface area contributed by atoms with Crippen LogP contribution in [0.15, 0.2) is 36.5 Å². The number of hydrogen-bond acceptors (Lipinski definition) is 4. The quantitative estimate of drug-likeness (QED) is 0.647. The van der Waals surface area contributed by atoms with Crippen LogP contribution < -0.4 is 0 Å². The topological polar surface area (TPSA) is 24.3 Å². The minimum atomic E-state index is -0.255. The third-order valence-electron chi connectivity index (χ3n) is 5.62. The fraction of sp³-hybridized carbons (Fsp3) is 0.409. The molecule has 2 aromatic heterocycles. The lowest BCUT2D eigenvalue weighted by atomic mass is 10.1. The number of aromatic nitrogens is 2. The highest BCUT2D eigenvalue weighted by atomic mass is 32.1. The Kier molecular flexibility index (Phi) is 5.36. The number of likely N-dealkylation sites (N-methyl/N-ethyl adjacent to an activating group) is 1. The van der Waals surface area contributed by atoms with E-state index in [0.29, 0.717) is 11.7 Å². The van der Waals surface area contributed by atoms with Gasteiger partial charge in [-0.05, 0) is 46.0 Å². The fourth-order valence-electron chi connectivity index (χ4n) is 3.89. The molecule has 1 aromatic carbocycles. The van der Waals surface area contributed by atoms with Crippen LogP contribution >= 0.6 is 11.3 Å². The molecule has 1 aliphatic rings. The van der Waals surface area contributed by atoms with Crippen LogP contribution in [0.4, 0.5) is 4.39 Å². The number of para-hydroxylation sites is 1. The number of hydrogen-bond donors (Lipinski definition) is 0. The summed E-state index contributed by atoms with van der Waals surface area (Å²) >= 11 is 1.78. The lowest BCUT2D eigenvalue weighted by molar-refractivity contribution is 0.100. The molecule has 148 valence electrons. The molecule has 1 atom stereocenters. The van der Waals surface area contributed by atoms with Crippen molar-refractivity contribution in [3.05, 3.63) is 57.7 Å². The number of nitrogens with zero attached hydrogens (tertiary/aromatic N) is 4. The van der Waals surface area contributed by atoms with E-state index in [1.165, 1.54) is 15.8 Å². The number of halogens is 1. The SMILES string of the molecule is Cc1cc(-c2nn(-c3ccccc3F)cc2CN2CCN(C)[C@H](C)C2)c(C)s1. The molecule has 0 bridgehead atoms. The lowest BCUT2D eigenvalue weighted by Gasteiger charge is -2.37. The summed E-state index contributed by atoms with van der Waals surface area (Å²) < 4.78 is 16.1. The van der Waals surface area contributed by atoms with Crippen LogP contribution in [0.2, 0.25) is 0 Å². The smallest absolute Gasteiger partial charge is 0.148 e. The molecule has 0 aliphatic carbocycles. The Bertz CT molecular complexity index is 977. The first kappa shape index (κ1) is 19.3. The summed E-state index contributed by atoms with van der Waals surface area (Å²) in [5.41, 5.74) is 3.78. The summed E-state index contributed by atoms with van der Waals surface area (Å²) in [6.45, 7) is 10.5. The van der Waals surface area contributed by atoms with Gasteiger partial charge in [-0.3, -0.25) is 4.90 Å². The minimum absolute atomic E-state index is 0.255. The van der Waals surface area contributed by atoms with E-state index < -0.39 is 0 Å². The highest BCUT2D eigenvalue weighted by Crippen LogP contribution is 2.33. The zero-order valence-corrected chi connectivity index (χ0v) is 17.8. The number of piperazine rings is 1. The maximum Gasteiger partial charge on any atom is 0.148 e. The van der Waals surface area contributed by atoms with Crippen LogP contribution in [0, 0.1) is 19.7 Å². The molecule has 4 nitrogen and oxygen atoms in total. The van der Waals surface area contributed by atoms with Crippen molar-refractivity contribution in [2.24, 2.45) is 0 Å². The molecule has 28 heavy (non-hydrogen) atoms. The standard InChI is InChI=1S/C22H27FN4S/c1-15-12-26(10-9-25(15)4)13-18-14-27(21-8-6-5-7-20(21)23)24-22(18)19-11-16(2)28-17(19)3/h5-8,11,14-15H,9-10,12-13H2,1-4H3/t15-/m1/s1. The van der Waals surface area contributed by atoms with Crippen molar-refractivity contribution < 1.29 is 4.39 Å². The van der Waals surface area contributed by atoms with Gasteiger partial charge >= 0.3 is 0 Å². The summed E-state index contributed by atoms with van der Waals surface area (Å²) in [6, 6.07) is 9.55. The van der Waals surface area contributed by atoms with Gasteiger partial charge in [-0.1, -0.05) is 12.1 Å². The van der Waals surface area contributed by atoms with Crippen LogP contribution in [0.5, 0.6) is 0 Å². The van der Waals surface area contributed by atoms with E-state index in [2.05, 4.69) is 43.7 Å². The van der Waals surface area contributed by atoms with Gasteiger partial charge in [0.2, 0.25) is 0 Å². The van der Waals surface area contributed by atoms with E-state index in [0.717, 1.165) is 43.0 Å². The Morgan fingerprint density at radius 1 is 1.21 bits per heavy atom. The summed E-state index contributed by atoms with van der Waals surface area (Å²) in [7, 11) is 2.18. The van der Waals surface area contributed by atoms with E-state index in [9.17, 15) is 4.39 Å². The van der Waals surface area contributed by atoms with Crippen molar-refractivity contribution in [3.8, 4) is 16.9 Å². The molecule has 1 fully saturated rings. The molecule has 0 spiro atoms. The second-order valence-electron chi connectivity index (χ2n) is 7.79. The van der Waals surface area contributed by atoms with Crippen LogP contribution in [-0.4, -0.2) is 52.3 Å². The number of aryl methyl sites for hydroxylation is 2. The lowest BCUT2D eigenvalue weighted by Crippen LogP contribution is -2.49. The van der Waals surface area contributed by atoms with Gasteiger partial charge in [0.05, 0.1) is 5.69 Å². The van der Waals surface area contributed by atoms with Crippen molar-refractivity contribution >= 4 is 11.3 Å². The molecule has 0 amide bonds. The number of rotatable bonds is 4. The summed E-state index contributed by atoms with van der Waals surface area (Å²) in [6.07, 6.45) is 2.00. The molecule has 0 saturated carbocycles. The van der Waals surface area contributed by atoms with Crippen molar-refractivity contribution in [3.63, 3.8) is 0 Å². The highest BCUT2D eigenvalue weighted by molar-refractivity contribution is 7.12. The first-order valence-corrected chi connectivity index (χ1v) is 10.6. The second-order valence-corrected chi connectivity index (χ2v) is 9.25. The van der Waals surface area contributed by atoms with Crippen LogP contribution in [0.25, 0.3) is 16.9 Å². The van der Waals surface area contributed by atoms with Crippen molar-refractivity contribution in [1.82, 2.24) is 19.6 Å². The molecule has 0 N–H and O–H groups in total. The van der Waals surface area contributed by atoms with Crippen molar-refractivity contribution in [2.75, 3.05) is 26.7 Å².